The third-order valence-corrected chi connectivity index (χ3v) is 2.23. The van der Waals surface area contributed by atoms with Gasteiger partial charge in [0.15, 0.2) is 0 Å². The summed E-state index contributed by atoms with van der Waals surface area (Å²) in [6.07, 6.45) is 9.68. The molecule has 2 heteroatoms. The van der Waals surface area contributed by atoms with E-state index in [4.69, 9.17) is 0 Å². The second-order valence-corrected chi connectivity index (χ2v) is 4.29. The Kier molecular flexibility index (Phi) is 14.0. The summed E-state index contributed by atoms with van der Waals surface area (Å²) in [5.74, 6) is 0. The predicted octanol–water partition coefficient (Wildman–Crippen LogP) is 4.22. The van der Waals surface area contributed by atoms with Crippen LogP contribution >= 0.6 is 12.6 Å². The Morgan fingerprint density at radius 2 is 1.50 bits per heavy atom. The average Bonchev–Trinajstić information content (AvgIpc) is 1.96. The molecule has 0 radical (unpaired) electrons. The lowest BCUT2D eigenvalue weighted by molar-refractivity contribution is 0.589. The summed E-state index contributed by atoms with van der Waals surface area (Å²) in [6.45, 7) is 4.44. The van der Waals surface area contributed by atoms with Crippen LogP contribution in [-0.4, -0.2) is 5.25 Å². The molecule has 1 nitrogen and oxygen atoms in total. The molecule has 0 aliphatic carbocycles. The third-order valence-electron chi connectivity index (χ3n) is 1.98. The fourth-order valence-electron chi connectivity index (χ4n) is 1.22. The second-order valence-electron chi connectivity index (χ2n) is 3.41. The van der Waals surface area contributed by atoms with Gasteiger partial charge in [-0.05, 0) is 11.7 Å². The molecule has 0 heterocycles. The summed E-state index contributed by atoms with van der Waals surface area (Å²) in [6, 6.07) is 0. The third kappa shape index (κ3) is 12.9. The first-order valence-corrected chi connectivity index (χ1v) is 5.47. The zero-order valence-corrected chi connectivity index (χ0v) is 9.58. The summed E-state index contributed by atoms with van der Waals surface area (Å²) in [7, 11) is 0. The number of hydrogen-bond donors (Lipinski definition) is 2. The minimum Gasteiger partial charge on any atom is -0.344 e. The van der Waals surface area contributed by atoms with Gasteiger partial charge in [-0.15, -0.1) is 0 Å². The molecule has 0 aromatic heterocycles. The average molecular weight is 191 g/mol. The Bertz CT molecular complexity index is 74.2. The van der Waals surface area contributed by atoms with Crippen LogP contribution in [0.5, 0.6) is 0 Å². The maximum absolute atomic E-state index is 4.34. The molecule has 0 aromatic carbocycles. The maximum atomic E-state index is 4.34. The molecule has 0 aromatic rings. The maximum Gasteiger partial charge on any atom is -0.00116 e. The highest BCUT2D eigenvalue weighted by atomic mass is 32.1. The number of thiol groups is 1. The van der Waals surface area contributed by atoms with Crippen molar-refractivity contribution in [2.45, 2.75) is 64.0 Å². The van der Waals surface area contributed by atoms with E-state index in [2.05, 4.69) is 26.5 Å². The van der Waals surface area contributed by atoms with Crippen LogP contribution in [0, 0.1) is 0 Å². The van der Waals surface area contributed by atoms with Gasteiger partial charge in [0.25, 0.3) is 0 Å². The van der Waals surface area contributed by atoms with Crippen molar-refractivity contribution < 1.29 is 0 Å². The Balaban J connectivity index is 0. The molecule has 76 valence electrons. The normalized spacial score (nSPS) is 12.2. The molecule has 0 bridgehead atoms. The molecule has 1 atom stereocenters. The van der Waals surface area contributed by atoms with Crippen LogP contribution in [-0.2, 0) is 0 Å². The molecule has 0 saturated carbocycles. The Hall–Kier alpha value is 0.310. The van der Waals surface area contributed by atoms with E-state index in [1.165, 1.54) is 44.9 Å². The Morgan fingerprint density at radius 3 is 2.00 bits per heavy atom. The standard InChI is InChI=1S/C10H22S.H3N/c1-3-4-5-6-7-8-9-10(2)11;/h10-11H,3-9H2,1-2H3;1H3. The second kappa shape index (κ2) is 11.3. The topological polar surface area (TPSA) is 35.0 Å². The SMILES string of the molecule is CCCCCCCCC(C)S.N. The van der Waals surface area contributed by atoms with E-state index in [9.17, 15) is 0 Å². The van der Waals surface area contributed by atoms with Crippen molar-refractivity contribution in [1.82, 2.24) is 6.15 Å². The van der Waals surface area contributed by atoms with Crippen molar-refractivity contribution in [3.05, 3.63) is 0 Å². The van der Waals surface area contributed by atoms with Crippen molar-refractivity contribution in [2.75, 3.05) is 0 Å². The van der Waals surface area contributed by atoms with Gasteiger partial charge >= 0.3 is 0 Å². The summed E-state index contributed by atoms with van der Waals surface area (Å²) in [4.78, 5) is 0. The molecule has 0 saturated heterocycles. The van der Waals surface area contributed by atoms with Crippen LogP contribution in [0.3, 0.4) is 0 Å². The molecule has 0 rings (SSSR count). The van der Waals surface area contributed by atoms with Crippen LogP contribution in [0.15, 0.2) is 0 Å². The van der Waals surface area contributed by atoms with E-state index in [1.54, 1.807) is 0 Å². The quantitative estimate of drug-likeness (QED) is 0.458. The van der Waals surface area contributed by atoms with Crippen LogP contribution in [0.1, 0.15) is 58.8 Å². The zero-order chi connectivity index (χ0) is 8.53. The Morgan fingerprint density at radius 1 is 1.00 bits per heavy atom. The molecule has 0 amide bonds. The largest absolute Gasteiger partial charge is 0.344 e. The number of hydrogen-bond acceptors (Lipinski definition) is 2. The van der Waals surface area contributed by atoms with Crippen LogP contribution in [0.2, 0.25) is 0 Å². The van der Waals surface area contributed by atoms with E-state index < -0.39 is 0 Å². The molecule has 0 aliphatic heterocycles. The van der Waals surface area contributed by atoms with Gasteiger partial charge in [0.05, 0.1) is 0 Å². The van der Waals surface area contributed by atoms with E-state index >= 15 is 0 Å². The van der Waals surface area contributed by atoms with E-state index in [1.807, 2.05) is 0 Å². The van der Waals surface area contributed by atoms with Gasteiger partial charge in [0.2, 0.25) is 0 Å². The van der Waals surface area contributed by atoms with Crippen molar-refractivity contribution in [1.29, 1.82) is 0 Å². The summed E-state index contributed by atoms with van der Waals surface area (Å²) in [5.41, 5.74) is 0. The fourth-order valence-corrected chi connectivity index (χ4v) is 1.40. The molecular formula is C10H25NS. The summed E-state index contributed by atoms with van der Waals surface area (Å²) < 4.78 is 0. The van der Waals surface area contributed by atoms with Gasteiger partial charge in [0, 0.05) is 0 Å². The van der Waals surface area contributed by atoms with Gasteiger partial charge in [-0.3, -0.25) is 0 Å². The number of unbranched alkanes of at least 4 members (excludes halogenated alkanes) is 5. The van der Waals surface area contributed by atoms with Crippen molar-refractivity contribution >= 4 is 12.6 Å². The van der Waals surface area contributed by atoms with Gasteiger partial charge in [-0.1, -0.05) is 52.4 Å². The molecule has 0 fully saturated rings. The lowest BCUT2D eigenvalue weighted by Crippen LogP contribution is -1.89. The summed E-state index contributed by atoms with van der Waals surface area (Å²) in [5, 5.41) is 0.598. The highest BCUT2D eigenvalue weighted by Crippen LogP contribution is 2.10. The monoisotopic (exact) mass is 191 g/mol. The number of rotatable bonds is 7. The van der Waals surface area contributed by atoms with Crippen LogP contribution < -0.4 is 6.15 Å². The van der Waals surface area contributed by atoms with Crippen molar-refractivity contribution in [3.63, 3.8) is 0 Å². The van der Waals surface area contributed by atoms with Gasteiger partial charge in [-0.25, -0.2) is 0 Å². The predicted molar refractivity (Wildman–Crippen MR) is 61.5 cm³/mol. The molecule has 12 heavy (non-hydrogen) atoms. The van der Waals surface area contributed by atoms with E-state index in [0.717, 1.165) is 0 Å². The van der Waals surface area contributed by atoms with Gasteiger partial charge < -0.3 is 6.15 Å². The van der Waals surface area contributed by atoms with Gasteiger partial charge in [-0.2, -0.15) is 12.6 Å². The smallest absolute Gasteiger partial charge is 0.00116 e. The highest BCUT2D eigenvalue weighted by Gasteiger charge is 1.94. The first-order valence-electron chi connectivity index (χ1n) is 4.95. The molecular weight excluding hydrogens is 166 g/mol. The molecule has 0 aliphatic rings. The van der Waals surface area contributed by atoms with Crippen molar-refractivity contribution in [2.24, 2.45) is 0 Å². The minimum atomic E-state index is 0. The zero-order valence-electron chi connectivity index (χ0n) is 8.68. The van der Waals surface area contributed by atoms with Crippen molar-refractivity contribution in [3.8, 4) is 0 Å². The van der Waals surface area contributed by atoms with Gasteiger partial charge in [0.1, 0.15) is 0 Å². The molecule has 1 unspecified atom stereocenters. The van der Waals surface area contributed by atoms with Crippen LogP contribution in [0.25, 0.3) is 0 Å². The first-order chi connectivity index (χ1) is 5.27. The minimum absolute atomic E-state index is 0. The molecule has 3 N–H and O–H groups in total. The lowest BCUT2D eigenvalue weighted by Gasteiger charge is -2.02. The first kappa shape index (κ1) is 14.8. The molecule has 0 spiro atoms. The highest BCUT2D eigenvalue weighted by molar-refractivity contribution is 7.80. The van der Waals surface area contributed by atoms with Crippen LogP contribution in [0.4, 0.5) is 0 Å². The fraction of sp³-hybridized carbons (Fsp3) is 1.00. The summed E-state index contributed by atoms with van der Waals surface area (Å²) >= 11 is 4.34. The van der Waals surface area contributed by atoms with E-state index in [-0.39, 0.29) is 6.15 Å². The lowest BCUT2D eigenvalue weighted by atomic mass is 10.1. The van der Waals surface area contributed by atoms with E-state index in [0.29, 0.717) is 5.25 Å². The Labute approximate surface area is 83.3 Å².